The molecule has 3 fully saturated rings. The number of likely N-dealkylation sites (tertiary alicyclic amines) is 1. The van der Waals surface area contributed by atoms with E-state index in [0.29, 0.717) is 44.7 Å². The van der Waals surface area contributed by atoms with E-state index in [0.717, 1.165) is 25.1 Å². The van der Waals surface area contributed by atoms with Crippen molar-refractivity contribution in [1.29, 1.82) is 0 Å². The topological polar surface area (TPSA) is 42.0 Å². The summed E-state index contributed by atoms with van der Waals surface area (Å²) in [7, 11) is 0. The maximum atomic E-state index is 13.4. The molecule has 3 heterocycles. The molecule has 1 amide bonds. The first kappa shape index (κ1) is 16.0. The molecule has 4 rings (SSSR count). The van der Waals surface area contributed by atoms with Gasteiger partial charge in [-0.25, -0.2) is 9.45 Å². The van der Waals surface area contributed by atoms with Gasteiger partial charge in [0.1, 0.15) is 5.82 Å². The van der Waals surface area contributed by atoms with Gasteiger partial charge in [0.2, 0.25) is 0 Å². The fourth-order valence-corrected chi connectivity index (χ4v) is 4.17. The molecule has 1 aromatic carbocycles. The van der Waals surface area contributed by atoms with Gasteiger partial charge in [0.25, 0.3) is 5.91 Å². The van der Waals surface area contributed by atoms with Gasteiger partial charge in [0, 0.05) is 19.6 Å². The van der Waals surface area contributed by atoms with E-state index < -0.39 is 0 Å². The Morgan fingerprint density at radius 1 is 1.29 bits per heavy atom. The van der Waals surface area contributed by atoms with Crippen LogP contribution in [0.15, 0.2) is 24.3 Å². The van der Waals surface area contributed by atoms with Crippen LogP contribution >= 0.6 is 0 Å². The minimum absolute atomic E-state index is 0.0646. The smallest absolute Gasteiger partial charge is 0.251 e. The first-order chi connectivity index (χ1) is 11.7. The van der Waals surface area contributed by atoms with E-state index in [2.05, 4.69) is 4.90 Å². The SMILES string of the molecule is O=C([C@@H]1COC[C@H]2CN(Cc3cccc(F)c3)C[C@H]21)N1CCCO1. The summed E-state index contributed by atoms with van der Waals surface area (Å²) in [5, 5.41) is 1.52. The van der Waals surface area contributed by atoms with Gasteiger partial charge in [-0.2, -0.15) is 0 Å². The molecule has 24 heavy (non-hydrogen) atoms. The van der Waals surface area contributed by atoms with Crippen LogP contribution in [0.3, 0.4) is 0 Å². The Morgan fingerprint density at radius 2 is 2.21 bits per heavy atom. The lowest BCUT2D eigenvalue weighted by Crippen LogP contribution is -2.45. The third-order valence-corrected chi connectivity index (χ3v) is 5.32. The Morgan fingerprint density at radius 3 is 3.00 bits per heavy atom. The van der Waals surface area contributed by atoms with Gasteiger partial charge < -0.3 is 4.74 Å². The molecular formula is C18H23FN2O3. The number of carbonyl (C=O) groups excluding carboxylic acids is 1. The zero-order chi connectivity index (χ0) is 16.5. The van der Waals surface area contributed by atoms with Crippen molar-refractivity contribution in [2.75, 3.05) is 39.5 Å². The van der Waals surface area contributed by atoms with Crippen LogP contribution in [0.5, 0.6) is 0 Å². The Labute approximate surface area is 141 Å². The molecule has 3 saturated heterocycles. The second-order valence-corrected chi connectivity index (χ2v) is 7.02. The molecule has 0 unspecified atom stereocenters. The number of rotatable bonds is 3. The molecule has 0 radical (unpaired) electrons. The van der Waals surface area contributed by atoms with Crippen LogP contribution in [0, 0.1) is 23.6 Å². The Bertz CT molecular complexity index is 606. The van der Waals surface area contributed by atoms with Crippen LogP contribution in [-0.2, 0) is 20.9 Å². The minimum atomic E-state index is -0.202. The fourth-order valence-electron chi connectivity index (χ4n) is 4.17. The van der Waals surface area contributed by atoms with Crippen molar-refractivity contribution in [3.8, 4) is 0 Å². The summed E-state index contributed by atoms with van der Waals surface area (Å²) >= 11 is 0. The number of hydrogen-bond acceptors (Lipinski definition) is 4. The largest absolute Gasteiger partial charge is 0.380 e. The first-order valence-electron chi connectivity index (χ1n) is 8.69. The highest BCUT2D eigenvalue weighted by Crippen LogP contribution is 2.36. The van der Waals surface area contributed by atoms with Crippen LogP contribution < -0.4 is 0 Å². The van der Waals surface area contributed by atoms with Gasteiger partial charge in [-0.1, -0.05) is 12.1 Å². The summed E-state index contributed by atoms with van der Waals surface area (Å²) in [6.07, 6.45) is 0.902. The fraction of sp³-hybridized carbons (Fsp3) is 0.611. The molecule has 1 aromatic rings. The van der Waals surface area contributed by atoms with Gasteiger partial charge in [0.15, 0.2) is 0 Å². The van der Waals surface area contributed by atoms with Crippen molar-refractivity contribution in [2.24, 2.45) is 17.8 Å². The van der Waals surface area contributed by atoms with Gasteiger partial charge in [0.05, 0.1) is 32.3 Å². The van der Waals surface area contributed by atoms with Gasteiger partial charge >= 0.3 is 0 Å². The van der Waals surface area contributed by atoms with Crippen LogP contribution in [0.1, 0.15) is 12.0 Å². The number of nitrogens with zero attached hydrogens (tertiary/aromatic N) is 2. The van der Waals surface area contributed by atoms with Crippen LogP contribution in [-0.4, -0.2) is 55.3 Å². The third-order valence-electron chi connectivity index (χ3n) is 5.32. The van der Waals surface area contributed by atoms with Crippen molar-refractivity contribution >= 4 is 5.91 Å². The molecule has 3 aliphatic heterocycles. The summed E-state index contributed by atoms with van der Waals surface area (Å²) in [5.41, 5.74) is 0.973. The molecule has 5 nitrogen and oxygen atoms in total. The van der Waals surface area contributed by atoms with Crippen LogP contribution in [0.2, 0.25) is 0 Å². The van der Waals surface area contributed by atoms with E-state index in [1.165, 1.54) is 11.1 Å². The van der Waals surface area contributed by atoms with Gasteiger partial charge in [-0.15, -0.1) is 0 Å². The highest BCUT2D eigenvalue weighted by atomic mass is 19.1. The molecule has 0 aliphatic carbocycles. The van der Waals surface area contributed by atoms with Crippen molar-refractivity contribution in [2.45, 2.75) is 13.0 Å². The first-order valence-corrected chi connectivity index (χ1v) is 8.69. The van der Waals surface area contributed by atoms with Crippen molar-refractivity contribution in [1.82, 2.24) is 9.96 Å². The Kier molecular flexibility index (Phi) is 4.52. The molecule has 0 N–H and O–H groups in total. The maximum Gasteiger partial charge on any atom is 0.251 e. The van der Waals surface area contributed by atoms with Crippen molar-refractivity contribution in [3.05, 3.63) is 35.6 Å². The highest BCUT2D eigenvalue weighted by molar-refractivity contribution is 5.78. The molecule has 6 heteroatoms. The normalized spacial score (nSPS) is 30.5. The molecule has 3 atom stereocenters. The number of amides is 1. The highest BCUT2D eigenvalue weighted by Gasteiger charge is 2.45. The summed E-state index contributed by atoms with van der Waals surface area (Å²) in [4.78, 5) is 20.4. The standard InChI is InChI=1S/C18H23FN2O3/c19-15-4-1-3-13(7-15)8-20-9-14-11-23-12-17(16(14)10-20)18(22)21-5-2-6-24-21/h1,3-4,7,14,16-17H,2,5-6,8-12H2/t14-,16-,17-/m1/s1. The zero-order valence-corrected chi connectivity index (χ0v) is 13.7. The summed E-state index contributed by atoms with van der Waals surface area (Å²) < 4.78 is 19.1. The molecular weight excluding hydrogens is 311 g/mol. The molecule has 0 spiro atoms. The van der Waals surface area contributed by atoms with Crippen molar-refractivity contribution < 1.29 is 18.8 Å². The second-order valence-electron chi connectivity index (χ2n) is 7.02. The summed E-state index contributed by atoms with van der Waals surface area (Å²) in [6.45, 7) is 4.95. The predicted octanol–water partition coefficient (Wildman–Crippen LogP) is 1.68. The molecule has 3 aliphatic rings. The lowest BCUT2D eigenvalue weighted by molar-refractivity contribution is -0.181. The summed E-state index contributed by atoms with van der Waals surface area (Å²) in [6, 6.07) is 6.74. The van der Waals surface area contributed by atoms with Gasteiger partial charge in [-0.05, 0) is 36.0 Å². The third kappa shape index (κ3) is 3.18. The van der Waals surface area contributed by atoms with Crippen molar-refractivity contribution in [3.63, 3.8) is 0 Å². The number of carbonyl (C=O) groups is 1. The number of ether oxygens (including phenoxy) is 1. The van der Waals surface area contributed by atoms with Gasteiger partial charge in [-0.3, -0.25) is 14.5 Å². The van der Waals surface area contributed by atoms with E-state index in [1.54, 1.807) is 12.1 Å². The lowest BCUT2D eigenvalue weighted by Gasteiger charge is -2.33. The zero-order valence-electron chi connectivity index (χ0n) is 13.7. The van der Waals surface area contributed by atoms with Crippen LogP contribution in [0.4, 0.5) is 4.39 Å². The van der Waals surface area contributed by atoms with E-state index in [4.69, 9.17) is 9.57 Å². The van der Waals surface area contributed by atoms with E-state index in [1.807, 2.05) is 6.07 Å². The predicted molar refractivity (Wildman–Crippen MR) is 85.2 cm³/mol. The van der Waals surface area contributed by atoms with E-state index >= 15 is 0 Å². The van der Waals surface area contributed by atoms with Crippen LogP contribution in [0.25, 0.3) is 0 Å². The molecule has 0 saturated carbocycles. The number of benzene rings is 1. The maximum absolute atomic E-state index is 13.4. The Balaban J connectivity index is 1.43. The molecule has 0 bridgehead atoms. The number of halogens is 1. The number of hydrogen-bond donors (Lipinski definition) is 0. The van der Waals surface area contributed by atoms with E-state index in [-0.39, 0.29) is 17.6 Å². The molecule has 130 valence electrons. The number of fused-ring (bicyclic) bond motifs is 1. The Hall–Kier alpha value is -1.50. The monoisotopic (exact) mass is 334 g/mol. The second kappa shape index (κ2) is 6.78. The van der Waals surface area contributed by atoms with E-state index in [9.17, 15) is 9.18 Å². The lowest BCUT2D eigenvalue weighted by atomic mass is 9.82. The quantitative estimate of drug-likeness (QED) is 0.844. The average Bonchev–Trinajstić information content (AvgIpc) is 3.23. The number of hydroxylamine groups is 2. The summed E-state index contributed by atoms with van der Waals surface area (Å²) in [5.74, 6) is 0.397. The minimum Gasteiger partial charge on any atom is -0.380 e. The molecule has 0 aromatic heterocycles. The average molecular weight is 334 g/mol.